The lowest BCUT2D eigenvalue weighted by atomic mass is 10.0. The number of hydrogen-bond donors (Lipinski definition) is 1. The first-order valence-electron chi connectivity index (χ1n) is 7.01. The quantitative estimate of drug-likeness (QED) is 0.585. The van der Waals surface area contributed by atoms with Gasteiger partial charge in [0.05, 0.1) is 6.54 Å². The molecule has 0 amide bonds. The van der Waals surface area contributed by atoms with E-state index in [4.69, 9.17) is 5.73 Å². The number of likely N-dealkylation sites (tertiary alicyclic amines) is 1. The van der Waals surface area contributed by atoms with Gasteiger partial charge < -0.3 is 10.6 Å². The van der Waals surface area contributed by atoms with Crippen LogP contribution in [0.4, 0.5) is 0 Å². The van der Waals surface area contributed by atoms with Crippen LogP contribution >= 0.6 is 0 Å². The highest BCUT2D eigenvalue weighted by atomic mass is 15.3. The first-order chi connectivity index (χ1) is 8.22. The number of hydrogen-bond acceptors (Lipinski definition) is 2. The van der Waals surface area contributed by atoms with Gasteiger partial charge >= 0.3 is 0 Å². The molecule has 1 atom stereocenters. The van der Waals surface area contributed by atoms with Gasteiger partial charge in [0.2, 0.25) is 0 Å². The lowest BCUT2D eigenvalue weighted by molar-refractivity contribution is 0.161. The van der Waals surface area contributed by atoms with Gasteiger partial charge in [0, 0.05) is 19.1 Å². The highest BCUT2D eigenvalue weighted by Gasteiger charge is 2.20. The first kappa shape index (κ1) is 14.3. The van der Waals surface area contributed by atoms with Gasteiger partial charge in [-0.25, -0.2) is 0 Å². The van der Waals surface area contributed by atoms with E-state index in [1.54, 1.807) is 0 Å². The molecule has 0 radical (unpaired) electrons. The molecule has 1 saturated heterocycles. The largest absolute Gasteiger partial charge is 0.370 e. The van der Waals surface area contributed by atoms with E-state index in [-0.39, 0.29) is 0 Å². The zero-order valence-corrected chi connectivity index (χ0v) is 11.7. The maximum Gasteiger partial charge on any atom is 0.191 e. The fourth-order valence-corrected chi connectivity index (χ4v) is 2.53. The molecule has 1 rings (SSSR count). The van der Waals surface area contributed by atoms with Gasteiger partial charge in [-0.1, -0.05) is 13.3 Å². The summed E-state index contributed by atoms with van der Waals surface area (Å²) < 4.78 is 0. The van der Waals surface area contributed by atoms with E-state index in [1.807, 2.05) is 0 Å². The molecule has 0 aromatic rings. The van der Waals surface area contributed by atoms with Gasteiger partial charge in [-0.3, -0.25) is 9.89 Å². The number of likely N-dealkylation sites (N-methyl/N-ethyl adjacent to an activating group) is 1. The molecule has 0 bridgehead atoms. The molecule has 1 heterocycles. The van der Waals surface area contributed by atoms with Crippen LogP contribution < -0.4 is 5.73 Å². The van der Waals surface area contributed by atoms with E-state index < -0.39 is 0 Å². The van der Waals surface area contributed by atoms with Crippen LogP contribution in [0.2, 0.25) is 0 Å². The molecular weight excluding hydrogens is 212 g/mol. The number of nitrogens with two attached hydrogens (primary N) is 1. The minimum absolute atomic E-state index is 0.600. The van der Waals surface area contributed by atoms with E-state index >= 15 is 0 Å². The lowest BCUT2D eigenvalue weighted by Gasteiger charge is -2.34. The third-order valence-corrected chi connectivity index (χ3v) is 3.71. The molecule has 0 saturated carbocycles. The van der Waals surface area contributed by atoms with Crippen molar-refractivity contribution in [2.45, 2.75) is 46.1 Å². The Morgan fingerprint density at radius 1 is 1.29 bits per heavy atom. The fraction of sp³-hybridized carbons (Fsp3) is 0.923. The SMILES string of the molecule is CCN(CC)C(N)=NCC1CCCCN1CC. The van der Waals surface area contributed by atoms with Crippen molar-refractivity contribution in [3.8, 4) is 0 Å². The molecule has 0 spiro atoms. The number of piperidine rings is 1. The van der Waals surface area contributed by atoms with Crippen LogP contribution in [0.3, 0.4) is 0 Å². The summed E-state index contributed by atoms with van der Waals surface area (Å²) in [6, 6.07) is 0.600. The normalized spacial score (nSPS) is 22.8. The molecule has 0 aromatic heterocycles. The maximum atomic E-state index is 6.00. The molecule has 4 heteroatoms. The number of aliphatic imine (C=N–C) groups is 1. The van der Waals surface area contributed by atoms with Crippen molar-refractivity contribution in [3.05, 3.63) is 0 Å². The molecule has 4 nitrogen and oxygen atoms in total. The van der Waals surface area contributed by atoms with Crippen LogP contribution in [0.25, 0.3) is 0 Å². The lowest BCUT2D eigenvalue weighted by Crippen LogP contribution is -2.43. The third-order valence-electron chi connectivity index (χ3n) is 3.71. The monoisotopic (exact) mass is 240 g/mol. The summed E-state index contributed by atoms with van der Waals surface area (Å²) in [5.41, 5.74) is 6.00. The second-order valence-corrected chi connectivity index (χ2v) is 4.65. The Morgan fingerprint density at radius 3 is 2.59 bits per heavy atom. The minimum atomic E-state index is 0.600. The Kier molecular flexibility index (Phi) is 6.34. The Morgan fingerprint density at radius 2 is 2.00 bits per heavy atom. The van der Waals surface area contributed by atoms with Gasteiger partial charge in [-0.15, -0.1) is 0 Å². The predicted octanol–water partition coefficient (Wildman–Crippen LogP) is 1.52. The van der Waals surface area contributed by atoms with E-state index in [1.165, 1.54) is 25.8 Å². The standard InChI is InChI=1S/C13H28N4/c1-4-16(5-2)13(14)15-11-12-9-7-8-10-17(12)6-3/h12H,4-11H2,1-3H3,(H2,14,15). The van der Waals surface area contributed by atoms with Crippen LogP contribution in [-0.4, -0.2) is 54.5 Å². The Balaban J connectivity index is 2.49. The van der Waals surface area contributed by atoms with Gasteiger partial charge in [0.25, 0.3) is 0 Å². The van der Waals surface area contributed by atoms with Crippen molar-refractivity contribution in [1.82, 2.24) is 9.80 Å². The zero-order valence-electron chi connectivity index (χ0n) is 11.7. The zero-order chi connectivity index (χ0) is 12.7. The average Bonchev–Trinajstić information content (AvgIpc) is 2.38. The van der Waals surface area contributed by atoms with Crippen molar-refractivity contribution < 1.29 is 0 Å². The van der Waals surface area contributed by atoms with Crippen molar-refractivity contribution >= 4 is 5.96 Å². The molecule has 0 aromatic carbocycles. The molecule has 1 unspecified atom stereocenters. The average molecular weight is 240 g/mol. The van der Waals surface area contributed by atoms with E-state index in [9.17, 15) is 0 Å². The summed E-state index contributed by atoms with van der Waals surface area (Å²) >= 11 is 0. The molecule has 17 heavy (non-hydrogen) atoms. The summed E-state index contributed by atoms with van der Waals surface area (Å²) in [5, 5.41) is 0. The molecule has 100 valence electrons. The minimum Gasteiger partial charge on any atom is -0.370 e. The smallest absolute Gasteiger partial charge is 0.191 e. The fourth-order valence-electron chi connectivity index (χ4n) is 2.53. The molecular formula is C13H28N4. The molecule has 0 aliphatic carbocycles. The Hall–Kier alpha value is -0.770. The molecule has 1 fully saturated rings. The third kappa shape index (κ3) is 4.19. The number of nitrogens with zero attached hydrogens (tertiary/aromatic N) is 3. The van der Waals surface area contributed by atoms with Crippen LogP contribution in [0.1, 0.15) is 40.0 Å². The first-order valence-corrected chi connectivity index (χ1v) is 7.01. The van der Waals surface area contributed by atoms with Crippen LogP contribution in [0.5, 0.6) is 0 Å². The summed E-state index contributed by atoms with van der Waals surface area (Å²) in [6.07, 6.45) is 3.93. The number of guanidine groups is 1. The van der Waals surface area contributed by atoms with Gasteiger partial charge in [-0.05, 0) is 39.8 Å². The summed E-state index contributed by atoms with van der Waals surface area (Å²) in [6.45, 7) is 11.6. The second-order valence-electron chi connectivity index (χ2n) is 4.65. The van der Waals surface area contributed by atoms with Gasteiger partial charge in [-0.2, -0.15) is 0 Å². The van der Waals surface area contributed by atoms with Crippen LogP contribution in [0, 0.1) is 0 Å². The summed E-state index contributed by atoms with van der Waals surface area (Å²) in [5.74, 6) is 0.705. The highest BCUT2D eigenvalue weighted by molar-refractivity contribution is 5.78. The van der Waals surface area contributed by atoms with E-state index in [2.05, 4.69) is 35.6 Å². The van der Waals surface area contributed by atoms with E-state index in [0.29, 0.717) is 12.0 Å². The van der Waals surface area contributed by atoms with Crippen LogP contribution in [-0.2, 0) is 0 Å². The topological polar surface area (TPSA) is 44.9 Å². The number of rotatable bonds is 5. The summed E-state index contributed by atoms with van der Waals surface area (Å²) in [7, 11) is 0. The van der Waals surface area contributed by atoms with Crippen LogP contribution in [0.15, 0.2) is 4.99 Å². The molecule has 1 aliphatic rings. The molecule has 2 N–H and O–H groups in total. The van der Waals surface area contributed by atoms with Crippen molar-refractivity contribution in [3.63, 3.8) is 0 Å². The van der Waals surface area contributed by atoms with Gasteiger partial charge in [0.1, 0.15) is 0 Å². The van der Waals surface area contributed by atoms with Gasteiger partial charge in [0.15, 0.2) is 5.96 Å². The molecule has 1 aliphatic heterocycles. The van der Waals surface area contributed by atoms with Crippen molar-refractivity contribution in [2.75, 3.05) is 32.7 Å². The Labute approximate surface area is 106 Å². The predicted molar refractivity (Wildman–Crippen MR) is 74.3 cm³/mol. The van der Waals surface area contributed by atoms with E-state index in [0.717, 1.165) is 26.2 Å². The second kappa shape index (κ2) is 7.54. The highest BCUT2D eigenvalue weighted by Crippen LogP contribution is 2.16. The maximum absolute atomic E-state index is 6.00. The van der Waals surface area contributed by atoms with Crippen molar-refractivity contribution in [2.24, 2.45) is 10.7 Å². The van der Waals surface area contributed by atoms with Crippen molar-refractivity contribution in [1.29, 1.82) is 0 Å². The summed E-state index contributed by atoms with van der Waals surface area (Å²) in [4.78, 5) is 9.21. The Bertz CT molecular complexity index is 236.